The minimum absolute atomic E-state index is 0.00518. The van der Waals surface area contributed by atoms with Gasteiger partial charge in [-0.05, 0) is 41.7 Å². The predicted octanol–water partition coefficient (Wildman–Crippen LogP) is 5.81. The number of ether oxygens (including phenoxy) is 2. The molecule has 3 aromatic carbocycles. The molecule has 0 bridgehead atoms. The van der Waals surface area contributed by atoms with Crippen LogP contribution >= 0.6 is 11.8 Å². The van der Waals surface area contributed by atoms with Gasteiger partial charge in [-0.1, -0.05) is 85.3 Å². The number of hydrogen-bond donors (Lipinski definition) is 5. The molecule has 5 rings (SSSR count). The van der Waals surface area contributed by atoms with Crippen molar-refractivity contribution in [1.29, 1.82) is 0 Å². The van der Waals surface area contributed by atoms with Crippen LogP contribution in [0.2, 0.25) is 0 Å². The molecular weight excluding hydrogens is 616 g/mol. The number of H-pyrrole nitrogens is 1. The summed E-state index contributed by atoms with van der Waals surface area (Å²) in [7, 11) is 0. The molecule has 11 nitrogen and oxygen atoms in total. The molecule has 0 aliphatic carbocycles. The normalized spacial score (nSPS) is 17.7. The van der Waals surface area contributed by atoms with E-state index in [9.17, 15) is 14.7 Å². The number of nitrogen functional groups attached to an aromatic ring is 1. The minimum Gasteiger partial charge on any atom is -0.397 e. The Kier molecular flexibility index (Phi) is 12.8. The van der Waals surface area contributed by atoms with E-state index in [1.807, 2.05) is 60.7 Å². The van der Waals surface area contributed by atoms with Crippen LogP contribution in [-0.4, -0.2) is 44.0 Å². The van der Waals surface area contributed by atoms with Crippen molar-refractivity contribution in [2.45, 2.75) is 81.8 Å². The molecule has 0 spiro atoms. The average molecular weight is 659 g/mol. The number of hydrogen-bond acceptors (Lipinski definition) is 9. The van der Waals surface area contributed by atoms with E-state index >= 15 is 0 Å². The molecular formula is C35H42N6O5S. The van der Waals surface area contributed by atoms with E-state index in [1.54, 1.807) is 23.9 Å². The zero-order valence-electron chi connectivity index (χ0n) is 26.3. The molecule has 1 aromatic heterocycles. The minimum atomic E-state index is -0.558. The average Bonchev–Trinajstić information content (AvgIpc) is 3.63. The molecule has 2 amide bonds. The molecule has 1 aliphatic heterocycles. The molecule has 1 saturated heterocycles. The van der Waals surface area contributed by atoms with Gasteiger partial charge in [0.1, 0.15) is 6.33 Å². The number of nitrogens with zero attached hydrogens (tertiary/aromatic N) is 2. The zero-order chi connectivity index (χ0) is 32.8. The fourth-order valence-corrected chi connectivity index (χ4v) is 6.09. The Morgan fingerprint density at radius 1 is 0.894 bits per heavy atom. The quantitative estimate of drug-likeness (QED) is 0.0567. The first-order valence-electron chi connectivity index (χ1n) is 16.0. The first-order valence-corrected chi connectivity index (χ1v) is 16.9. The first kappa shape index (κ1) is 34.1. The smallest absolute Gasteiger partial charge is 0.224 e. The van der Waals surface area contributed by atoms with Crippen LogP contribution < -0.4 is 16.4 Å². The molecule has 3 unspecified atom stereocenters. The number of rotatable bonds is 16. The summed E-state index contributed by atoms with van der Waals surface area (Å²) < 4.78 is 12.8. The number of amides is 2. The highest BCUT2D eigenvalue weighted by atomic mass is 32.2. The standard InChI is InChI=1S/C35H42N6O5S/c36-29-7-5-6-8-30(29)40-33(44)10-4-2-1-3-9-32(43)37-20-24-11-17-27(18-12-24)34-45-28(22-47-35-38-23-39-41-35)19-31(46-34)26-15-13-25(21-42)14-16-26/h5-8,11-18,23,28,31,34,42H,1-4,9-10,19-22,36H2,(H,37,43)(H,40,44)(H,38,39,41). The number of carbonyl (C=O) groups is 2. The molecule has 0 saturated carbocycles. The summed E-state index contributed by atoms with van der Waals surface area (Å²) in [6, 6.07) is 22.9. The van der Waals surface area contributed by atoms with Gasteiger partial charge in [0.25, 0.3) is 0 Å². The lowest BCUT2D eigenvalue weighted by Crippen LogP contribution is -2.31. The second-order valence-electron chi connectivity index (χ2n) is 11.5. The number of unbranched alkanes of at least 4 members (excludes halogenated alkanes) is 3. The van der Waals surface area contributed by atoms with Crippen LogP contribution in [0.3, 0.4) is 0 Å². The van der Waals surface area contributed by atoms with Gasteiger partial charge in [-0.15, -0.1) is 0 Å². The number of aromatic amines is 1. The Bertz CT molecular complexity index is 1550. The van der Waals surface area contributed by atoms with Gasteiger partial charge in [0.15, 0.2) is 11.4 Å². The number of benzene rings is 3. The summed E-state index contributed by atoms with van der Waals surface area (Å²) >= 11 is 1.55. The topological polar surface area (TPSA) is 164 Å². The number of carbonyl (C=O) groups excluding carboxylic acids is 2. The van der Waals surface area contributed by atoms with Crippen molar-refractivity contribution >= 4 is 35.0 Å². The highest BCUT2D eigenvalue weighted by Gasteiger charge is 2.32. The molecule has 1 aliphatic rings. The van der Waals surface area contributed by atoms with E-state index in [-0.39, 0.29) is 30.6 Å². The van der Waals surface area contributed by atoms with Crippen LogP contribution in [-0.2, 0) is 32.2 Å². The molecule has 12 heteroatoms. The monoisotopic (exact) mass is 658 g/mol. The van der Waals surface area contributed by atoms with Crippen molar-refractivity contribution in [2.75, 3.05) is 16.8 Å². The zero-order valence-corrected chi connectivity index (χ0v) is 27.1. The highest BCUT2D eigenvalue weighted by Crippen LogP contribution is 2.39. The SMILES string of the molecule is Nc1ccccc1NC(=O)CCCCCCC(=O)NCc1ccc(C2OC(CSc3ncn[nH]3)CC(c3ccc(CO)cc3)O2)cc1. The second kappa shape index (κ2) is 17.6. The lowest BCUT2D eigenvalue weighted by atomic mass is 10.0. The maximum atomic E-state index is 12.4. The van der Waals surface area contributed by atoms with Crippen molar-refractivity contribution in [2.24, 2.45) is 0 Å². The van der Waals surface area contributed by atoms with Crippen LogP contribution in [0, 0.1) is 0 Å². The number of thioether (sulfide) groups is 1. The number of aliphatic hydroxyl groups excluding tert-OH is 1. The van der Waals surface area contributed by atoms with Gasteiger partial charge in [-0.2, -0.15) is 5.10 Å². The van der Waals surface area contributed by atoms with E-state index < -0.39 is 6.29 Å². The van der Waals surface area contributed by atoms with Crippen LogP contribution in [0.25, 0.3) is 0 Å². The van der Waals surface area contributed by atoms with Crippen molar-refractivity contribution in [3.8, 4) is 0 Å². The Morgan fingerprint density at radius 3 is 2.30 bits per heavy atom. The molecule has 4 aromatic rings. The Morgan fingerprint density at radius 2 is 1.60 bits per heavy atom. The van der Waals surface area contributed by atoms with E-state index in [2.05, 4.69) is 25.8 Å². The number of nitrogens with one attached hydrogen (secondary N) is 3. The summed E-state index contributed by atoms with van der Waals surface area (Å²) in [5, 5.41) is 22.8. The summed E-state index contributed by atoms with van der Waals surface area (Å²) in [6.45, 7) is 0.430. The lowest BCUT2D eigenvalue weighted by molar-refractivity contribution is -0.245. The largest absolute Gasteiger partial charge is 0.397 e. The predicted molar refractivity (Wildman–Crippen MR) is 181 cm³/mol. The third-order valence-corrected chi connectivity index (χ3v) is 8.96. The maximum absolute atomic E-state index is 12.4. The van der Waals surface area contributed by atoms with E-state index in [0.717, 1.165) is 53.1 Å². The number of aliphatic hydroxyl groups is 1. The van der Waals surface area contributed by atoms with Gasteiger partial charge < -0.3 is 30.9 Å². The van der Waals surface area contributed by atoms with Crippen LogP contribution in [0.1, 0.15) is 79.6 Å². The van der Waals surface area contributed by atoms with Gasteiger partial charge >= 0.3 is 0 Å². The Labute approximate surface area is 279 Å². The van der Waals surface area contributed by atoms with Gasteiger partial charge in [0.05, 0.1) is 30.2 Å². The molecule has 248 valence electrons. The van der Waals surface area contributed by atoms with Gasteiger partial charge in [0.2, 0.25) is 11.8 Å². The molecule has 0 radical (unpaired) electrons. The van der Waals surface area contributed by atoms with Gasteiger partial charge in [-0.25, -0.2) is 4.98 Å². The number of nitrogens with two attached hydrogens (primary N) is 1. The lowest BCUT2D eigenvalue weighted by Gasteiger charge is -2.36. The molecule has 1 fully saturated rings. The molecule has 6 N–H and O–H groups in total. The number of para-hydroxylation sites is 2. The molecule has 47 heavy (non-hydrogen) atoms. The highest BCUT2D eigenvalue weighted by molar-refractivity contribution is 7.99. The summed E-state index contributed by atoms with van der Waals surface area (Å²) in [4.78, 5) is 28.8. The third-order valence-electron chi connectivity index (χ3n) is 7.95. The fraction of sp³-hybridized carbons (Fsp3) is 0.371. The summed E-state index contributed by atoms with van der Waals surface area (Å²) in [6.07, 6.45) is 5.52. The van der Waals surface area contributed by atoms with E-state index in [0.29, 0.717) is 42.9 Å². The summed E-state index contributed by atoms with van der Waals surface area (Å²) in [5.41, 5.74) is 10.8. The van der Waals surface area contributed by atoms with Crippen LogP contribution in [0.15, 0.2) is 84.3 Å². The summed E-state index contributed by atoms with van der Waals surface area (Å²) in [5.74, 6) is 0.638. The van der Waals surface area contributed by atoms with E-state index in [4.69, 9.17) is 15.2 Å². The first-order chi connectivity index (χ1) is 23.0. The van der Waals surface area contributed by atoms with Gasteiger partial charge in [0, 0.05) is 37.1 Å². The Hall–Kier alpha value is -4.23. The molecule has 3 atom stereocenters. The third kappa shape index (κ3) is 10.6. The van der Waals surface area contributed by atoms with Crippen LogP contribution in [0.4, 0.5) is 11.4 Å². The van der Waals surface area contributed by atoms with Crippen LogP contribution in [0.5, 0.6) is 0 Å². The van der Waals surface area contributed by atoms with Crippen molar-refractivity contribution in [3.05, 3.63) is 101 Å². The van der Waals surface area contributed by atoms with Crippen molar-refractivity contribution in [1.82, 2.24) is 20.5 Å². The van der Waals surface area contributed by atoms with Gasteiger partial charge in [-0.3, -0.25) is 14.7 Å². The number of aromatic nitrogens is 3. The van der Waals surface area contributed by atoms with Crippen molar-refractivity contribution < 1.29 is 24.2 Å². The van der Waals surface area contributed by atoms with Crippen molar-refractivity contribution in [3.63, 3.8) is 0 Å². The fourth-order valence-electron chi connectivity index (χ4n) is 5.29. The van der Waals surface area contributed by atoms with E-state index in [1.165, 1.54) is 6.33 Å². The Balaban J connectivity index is 1.04. The molecule has 2 heterocycles. The number of anilines is 2. The second-order valence-corrected chi connectivity index (χ2v) is 12.5. The maximum Gasteiger partial charge on any atom is 0.224 e.